The van der Waals surface area contributed by atoms with Crippen LogP contribution in [0.5, 0.6) is 0 Å². The molecular formula is C16H25N3O7S. The van der Waals surface area contributed by atoms with Crippen LogP contribution in [0.25, 0.3) is 0 Å². The van der Waals surface area contributed by atoms with Gasteiger partial charge in [-0.05, 0) is 27.2 Å². The molecule has 0 aliphatic carbocycles. The van der Waals surface area contributed by atoms with Gasteiger partial charge in [-0.15, -0.1) is 11.8 Å². The molecule has 0 spiro atoms. The van der Waals surface area contributed by atoms with Gasteiger partial charge >= 0.3 is 11.9 Å². The number of nitrogens with two attached hydrogens (primary N) is 1. The molecule has 1 rings (SSSR count). The Kier molecular flexibility index (Phi) is 7.78. The van der Waals surface area contributed by atoms with Gasteiger partial charge in [0.1, 0.15) is 12.1 Å². The van der Waals surface area contributed by atoms with Crippen molar-refractivity contribution in [2.45, 2.75) is 62.9 Å². The average Bonchev–Trinajstić information content (AvgIpc) is 2.82. The molecule has 152 valence electrons. The molecule has 0 aromatic rings. The Morgan fingerprint density at radius 2 is 1.85 bits per heavy atom. The van der Waals surface area contributed by atoms with E-state index in [9.17, 15) is 29.1 Å². The van der Waals surface area contributed by atoms with Crippen molar-refractivity contribution in [1.82, 2.24) is 10.2 Å². The van der Waals surface area contributed by atoms with E-state index < -0.39 is 40.7 Å². The van der Waals surface area contributed by atoms with Crippen LogP contribution in [0.1, 0.15) is 40.0 Å². The summed E-state index contributed by atoms with van der Waals surface area (Å²) < 4.78 is 0. The first-order chi connectivity index (χ1) is 12.3. The number of nitrogens with one attached hydrogen (secondary N) is 1. The van der Waals surface area contributed by atoms with E-state index in [0.717, 1.165) is 11.8 Å². The third kappa shape index (κ3) is 6.51. The lowest BCUT2D eigenvalue weighted by Gasteiger charge is -2.30. The lowest BCUT2D eigenvalue weighted by atomic mass is 10.1. The zero-order valence-electron chi connectivity index (χ0n) is 15.4. The minimum atomic E-state index is -1.29. The molecule has 5 N–H and O–H groups in total. The van der Waals surface area contributed by atoms with Crippen LogP contribution in [-0.4, -0.2) is 73.4 Å². The summed E-state index contributed by atoms with van der Waals surface area (Å²) in [6, 6.07) is -2.48. The highest BCUT2D eigenvalue weighted by Gasteiger charge is 2.44. The number of imide groups is 1. The molecule has 10 nitrogen and oxygen atoms in total. The fraction of sp³-hybridized carbons (Fsp3) is 0.688. The van der Waals surface area contributed by atoms with Gasteiger partial charge in [-0.2, -0.15) is 0 Å². The van der Waals surface area contributed by atoms with Crippen LogP contribution in [-0.2, 0) is 24.0 Å². The van der Waals surface area contributed by atoms with Crippen LogP contribution < -0.4 is 11.1 Å². The van der Waals surface area contributed by atoms with Gasteiger partial charge in [-0.3, -0.25) is 24.1 Å². The van der Waals surface area contributed by atoms with Crippen LogP contribution in [0.3, 0.4) is 0 Å². The van der Waals surface area contributed by atoms with Gasteiger partial charge in [-0.25, -0.2) is 4.79 Å². The Balaban J connectivity index is 2.60. The number of amides is 3. The summed E-state index contributed by atoms with van der Waals surface area (Å²) in [6.45, 7) is 5.20. The zero-order valence-corrected chi connectivity index (χ0v) is 16.2. The summed E-state index contributed by atoms with van der Waals surface area (Å²) in [4.78, 5) is 59.4. The number of carbonyl (C=O) groups is 5. The molecule has 3 amide bonds. The van der Waals surface area contributed by atoms with E-state index in [1.807, 2.05) is 0 Å². The van der Waals surface area contributed by atoms with Crippen LogP contribution in [0.2, 0.25) is 0 Å². The second kappa shape index (κ2) is 9.18. The number of carbonyl (C=O) groups excluding carboxylic acids is 3. The van der Waals surface area contributed by atoms with E-state index in [1.165, 1.54) is 4.90 Å². The average molecular weight is 403 g/mol. The van der Waals surface area contributed by atoms with Crippen molar-refractivity contribution >= 4 is 41.4 Å². The van der Waals surface area contributed by atoms with E-state index in [0.29, 0.717) is 0 Å². The first kappa shape index (κ1) is 22.9. The molecule has 0 radical (unpaired) electrons. The zero-order chi connectivity index (χ0) is 20.9. The number of carboxylic acid groups (broad SMARTS) is 2. The van der Waals surface area contributed by atoms with Crippen molar-refractivity contribution in [1.29, 1.82) is 0 Å². The minimum absolute atomic E-state index is 0.0193. The van der Waals surface area contributed by atoms with Crippen LogP contribution in [0, 0.1) is 0 Å². The van der Waals surface area contributed by atoms with Gasteiger partial charge < -0.3 is 21.3 Å². The van der Waals surface area contributed by atoms with Gasteiger partial charge in [0.25, 0.3) is 0 Å². The fourth-order valence-corrected chi connectivity index (χ4v) is 3.66. The second-order valence-electron chi connectivity index (χ2n) is 7.21. The Bertz CT molecular complexity index is 632. The molecule has 1 heterocycles. The lowest BCUT2D eigenvalue weighted by Crippen LogP contribution is -2.46. The number of carboxylic acids is 2. The Morgan fingerprint density at radius 1 is 1.26 bits per heavy atom. The lowest BCUT2D eigenvalue weighted by molar-refractivity contribution is -0.144. The number of hydrogen-bond acceptors (Lipinski definition) is 7. The SMILES string of the molecule is CC(C)(C)N1C(=O)CC(SC[C@H](NC(=O)CC[C@H](N)C(=O)O)C(=O)O)C1=O. The van der Waals surface area contributed by atoms with E-state index >= 15 is 0 Å². The van der Waals surface area contributed by atoms with Crippen molar-refractivity contribution < 1.29 is 34.2 Å². The molecule has 1 aliphatic rings. The van der Waals surface area contributed by atoms with Crippen LogP contribution >= 0.6 is 11.8 Å². The monoisotopic (exact) mass is 403 g/mol. The molecule has 3 atom stereocenters. The topological polar surface area (TPSA) is 167 Å². The Labute approximate surface area is 160 Å². The third-order valence-corrected chi connectivity index (χ3v) is 5.17. The maximum Gasteiger partial charge on any atom is 0.327 e. The predicted molar refractivity (Wildman–Crippen MR) is 96.9 cm³/mol. The van der Waals surface area contributed by atoms with Crippen LogP contribution in [0.15, 0.2) is 0 Å². The number of hydrogen-bond donors (Lipinski definition) is 4. The molecule has 0 bridgehead atoms. The molecule has 27 heavy (non-hydrogen) atoms. The van der Waals surface area contributed by atoms with E-state index in [4.69, 9.17) is 10.8 Å². The summed E-state index contributed by atoms with van der Waals surface area (Å²) >= 11 is 0.997. The number of nitrogens with zero attached hydrogens (tertiary/aromatic N) is 1. The quantitative estimate of drug-likeness (QED) is 0.368. The molecule has 1 fully saturated rings. The van der Waals surface area contributed by atoms with Crippen molar-refractivity contribution in [3.63, 3.8) is 0 Å². The highest BCUT2D eigenvalue weighted by Crippen LogP contribution is 2.30. The summed E-state index contributed by atoms with van der Waals surface area (Å²) in [5.41, 5.74) is 4.64. The third-order valence-electron chi connectivity index (χ3n) is 3.87. The summed E-state index contributed by atoms with van der Waals surface area (Å²) in [5.74, 6) is -3.98. The minimum Gasteiger partial charge on any atom is -0.480 e. The second-order valence-corrected chi connectivity index (χ2v) is 8.44. The standard InChI is InChI=1S/C16H25N3O7S/c1-16(2,3)19-12(21)6-10(13(19)22)27-7-9(15(25)26)18-11(20)5-4-8(17)14(23)24/h8-10H,4-7,17H2,1-3H3,(H,18,20)(H,23,24)(H,25,26)/t8-,9-,10?/m0/s1. The highest BCUT2D eigenvalue weighted by molar-refractivity contribution is 8.00. The smallest absolute Gasteiger partial charge is 0.327 e. The number of thioether (sulfide) groups is 1. The first-order valence-corrected chi connectivity index (χ1v) is 9.38. The summed E-state index contributed by atoms with van der Waals surface area (Å²) in [6.07, 6.45) is -0.383. The normalized spacial score (nSPS) is 19.7. The molecule has 1 aliphatic heterocycles. The Morgan fingerprint density at radius 3 is 2.30 bits per heavy atom. The first-order valence-electron chi connectivity index (χ1n) is 8.33. The van der Waals surface area contributed by atoms with Crippen molar-refractivity contribution in [3.8, 4) is 0 Å². The van der Waals surface area contributed by atoms with Gasteiger partial charge in [0.15, 0.2) is 0 Å². The molecule has 0 saturated carbocycles. The molecular weight excluding hydrogens is 378 g/mol. The van der Waals surface area contributed by atoms with Gasteiger partial charge in [0.2, 0.25) is 17.7 Å². The largest absolute Gasteiger partial charge is 0.480 e. The maximum absolute atomic E-state index is 12.4. The van der Waals surface area contributed by atoms with Crippen molar-refractivity contribution in [2.24, 2.45) is 5.73 Å². The van der Waals surface area contributed by atoms with E-state index in [1.54, 1.807) is 20.8 Å². The molecule has 0 aromatic heterocycles. The number of aliphatic carboxylic acids is 2. The number of rotatable bonds is 9. The maximum atomic E-state index is 12.4. The molecule has 11 heteroatoms. The van der Waals surface area contributed by atoms with Gasteiger partial charge in [0, 0.05) is 24.1 Å². The number of likely N-dealkylation sites (tertiary alicyclic amines) is 1. The molecule has 1 saturated heterocycles. The fourth-order valence-electron chi connectivity index (χ4n) is 2.50. The van der Waals surface area contributed by atoms with Crippen molar-refractivity contribution in [2.75, 3.05) is 5.75 Å². The summed E-state index contributed by atoms with van der Waals surface area (Å²) in [7, 11) is 0. The summed E-state index contributed by atoms with van der Waals surface area (Å²) in [5, 5.41) is 19.5. The van der Waals surface area contributed by atoms with Crippen molar-refractivity contribution in [3.05, 3.63) is 0 Å². The Hall–Kier alpha value is -2.14. The van der Waals surface area contributed by atoms with Gasteiger partial charge in [-0.1, -0.05) is 0 Å². The van der Waals surface area contributed by atoms with Crippen LogP contribution in [0.4, 0.5) is 0 Å². The molecule has 1 unspecified atom stereocenters. The van der Waals surface area contributed by atoms with E-state index in [-0.39, 0.29) is 36.8 Å². The predicted octanol–water partition coefficient (Wildman–Crippen LogP) is -0.593. The highest BCUT2D eigenvalue weighted by atomic mass is 32.2. The van der Waals surface area contributed by atoms with Gasteiger partial charge in [0.05, 0.1) is 5.25 Å². The molecule has 0 aromatic carbocycles. The van der Waals surface area contributed by atoms with E-state index in [2.05, 4.69) is 5.32 Å².